The molecule has 98 valence electrons. The first kappa shape index (κ1) is 12.9. The average molecular weight is 251 g/mol. The van der Waals surface area contributed by atoms with Crippen molar-refractivity contribution in [2.45, 2.75) is 12.2 Å². The van der Waals surface area contributed by atoms with Crippen LogP contribution in [-0.4, -0.2) is 55.4 Å². The number of ether oxygens (including phenoxy) is 2. The lowest BCUT2D eigenvalue weighted by molar-refractivity contribution is -0.00461. The second-order valence-corrected chi connectivity index (χ2v) is 4.28. The second-order valence-electron chi connectivity index (χ2n) is 4.28. The van der Waals surface area contributed by atoms with Crippen LogP contribution in [0.3, 0.4) is 0 Å². The van der Waals surface area contributed by atoms with Crippen molar-refractivity contribution in [1.29, 1.82) is 0 Å². The predicted octanol–water partition coefficient (Wildman–Crippen LogP) is 0.878. The number of hydrogen-bond donors (Lipinski definition) is 1. The number of rotatable bonds is 3. The molecule has 0 aliphatic carbocycles. The number of carbonyl (C=O) groups excluding carboxylic acids is 1. The molecule has 1 aromatic carbocycles. The first-order valence-electron chi connectivity index (χ1n) is 5.80. The number of phenols is 1. The van der Waals surface area contributed by atoms with Crippen LogP contribution >= 0.6 is 0 Å². The molecule has 18 heavy (non-hydrogen) atoms. The van der Waals surface area contributed by atoms with E-state index in [-0.39, 0.29) is 23.9 Å². The van der Waals surface area contributed by atoms with Crippen LogP contribution in [0.15, 0.2) is 24.3 Å². The van der Waals surface area contributed by atoms with E-state index in [1.807, 2.05) is 0 Å². The molecule has 0 bridgehead atoms. The fraction of sp³-hybridized carbons (Fsp3) is 0.462. The molecule has 5 nitrogen and oxygen atoms in total. The maximum absolute atomic E-state index is 12.2. The molecule has 1 heterocycles. The lowest BCUT2D eigenvalue weighted by Gasteiger charge is -2.16. The molecular formula is C13H17NO4. The largest absolute Gasteiger partial charge is 0.507 e. The number of hydrogen-bond acceptors (Lipinski definition) is 4. The van der Waals surface area contributed by atoms with Gasteiger partial charge < -0.3 is 19.5 Å². The van der Waals surface area contributed by atoms with E-state index in [1.165, 1.54) is 6.07 Å². The Bertz CT molecular complexity index is 423. The Morgan fingerprint density at radius 2 is 1.78 bits per heavy atom. The van der Waals surface area contributed by atoms with E-state index in [0.717, 1.165) is 0 Å². The lowest BCUT2D eigenvalue weighted by Crippen LogP contribution is -2.30. The minimum absolute atomic E-state index is 0.00247. The predicted molar refractivity (Wildman–Crippen MR) is 65.6 cm³/mol. The molecule has 0 spiro atoms. The van der Waals surface area contributed by atoms with E-state index in [9.17, 15) is 9.90 Å². The summed E-state index contributed by atoms with van der Waals surface area (Å²) in [6.45, 7) is 0.949. The number of benzene rings is 1. The fourth-order valence-corrected chi connectivity index (χ4v) is 2.19. The summed E-state index contributed by atoms with van der Waals surface area (Å²) in [7, 11) is 3.20. The van der Waals surface area contributed by atoms with E-state index in [1.54, 1.807) is 37.3 Å². The van der Waals surface area contributed by atoms with Crippen LogP contribution in [0.1, 0.15) is 10.4 Å². The number of likely N-dealkylation sites (tertiary alicyclic amines) is 1. The molecule has 1 aromatic rings. The quantitative estimate of drug-likeness (QED) is 0.866. The van der Waals surface area contributed by atoms with Crippen molar-refractivity contribution in [2.75, 3.05) is 27.3 Å². The SMILES string of the molecule is COC1CN(C(=O)c2ccccc2O)CC1OC. The van der Waals surface area contributed by atoms with Crippen LogP contribution in [0.2, 0.25) is 0 Å². The Balaban J connectivity index is 2.14. The Hall–Kier alpha value is -1.59. The zero-order valence-corrected chi connectivity index (χ0v) is 10.5. The maximum atomic E-state index is 12.2. The van der Waals surface area contributed by atoms with Crippen LogP contribution in [0.5, 0.6) is 5.75 Å². The van der Waals surface area contributed by atoms with Gasteiger partial charge in [0.05, 0.1) is 5.56 Å². The summed E-state index contributed by atoms with van der Waals surface area (Å²) in [5, 5.41) is 9.68. The van der Waals surface area contributed by atoms with E-state index >= 15 is 0 Å². The lowest BCUT2D eigenvalue weighted by atomic mass is 10.2. The van der Waals surface area contributed by atoms with E-state index < -0.39 is 0 Å². The first-order chi connectivity index (χ1) is 8.67. The zero-order valence-electron chi connectivity index (χ0n) is 10.5. The third kappa shape index (κ3) is 2.32. The number of phenolic OH excluding ortho intramolecular Hbond substituents is 1. The van der Waals surface area contributed by atoms with Gasteiger partial charge >= 0.3 is 0 Å². The third-order valence-corrected chi connectivity index (χ3v) is 3.24. The van der Waals surface area contributed by atoms with E-state index in [2.05, 4.69) is 0 Å². The molecule has 1 saturated heterocycles. The minimum Gasteiger partial charge on any atom is -0.507 e. The number of amides is 1. The van der Waals surface area contributed by atoms with Gasteiger partial charge in [0.1, 0.15) is 18.0 Å². The normalized spacial score (nSPS) is 23.3. The average Bonchev–Trinajstić information content (AvgIpc) is 2.81. The number of aromatic hydroxyl groups is 1. The molecule has 1 N–H and O–H groups in total. The standard InChI is InChI=1S/C13H17NO4/c1-17-11-7-14(8-12(11)18-2)13(16)9-5-3-4-6-10(9)15/h3-6,11-12,15H,7-8H2,1-2H3. The highest BCUT2D eigenvalue weighted by atomic mass is 16.5. The van der Waals surface area contributed by atoms with Crippen molar-refractivity contribution in [3.05, 3.63) is 29.8 Å². The van der Waals surface area contributed by atoms with Crippen molar-refractivity contribution < 1.29 is 19.4 Å². The Labute approximate surface area is 106 Å². The summed E-state index contributed by atoms with van der Waals surface area (Å²) < 4.78 is 10.6. The summed E-state index contributed by atoms with van der Waals surface area (Å²) in [5.74, 6) is -0.202. The van der Waals surface area contributed by atoms with Gasteiger partial charge in [-0.15, -0.1) is 0 Å². The third-order valence-electron chi connectivity index (χ3n) is 3.24. The summed E-state index contributed by atoms with van der Waals surface area (Å²) in [6, 6.07) is 6.53. The van der Waals surface area contributed by atoms with Crippen molar-refractivity contribution in [3.63, 3.8) is 0 Å². The first-order valence-corrected chi connectivity index (χ1v) is 5.80. The van der Waals surface area contributed by atoms with Gasteiger partial charge in [-0.1, -0.05) is 12.1 Å². The highest BCUT2D eigenvalue weighted by molar-refractivity contribution is 5.97. The number of methoxy groups -OCH3 is 2. The molecule has 1 aliphatic heterocycles. The summed E-state index contributed by atoms with van der Waals surface area (Å²) >= 11 is 0. The van der Waals surface area contributed by atoms with Crippen LogP contribution in [-0.2, 0) is 9.47 Å². The number of carbonyl (C=O) groups is 1. The molecule has 1 amide bonds. The Kier molecular flexibility index (Phi) is 3.84. The molecule has 0 aromatic heterocycles. The van der Waals surface area contributed by atoms with E-state index in [4.69, 9.17) is 9.47 Å². The monoisotopic (exact) mass is 251 g/mol. The van der Waals surface area contributed by atoms with Crippen molar-refractivity contribution in [2.24, 2.45) is 0 Å². The van der Waals surface area contributed by atoms with Gasteiger partial charge in [-0.25, -0.2) is 0 Å². The van der Waals surface area contributed by atoms with Crippen LogP contribution < -0.4 is 0 Å². The molecule has 1 aliphatic rings. The van der Waals surface area contributed by atoms with Crippen LogP contribution in [0.25, 0.3) is 0 Å². The second kappa shape index (κ2) is 5.37. The van der Waals surface area contributed by atoms with Gasteiger partial charge in [-0.3, -0.25) is 4.79 Å². The topological polar surface area (TPSA) is 59.0 Å². The van der Waals surface area contributed by atoms with Crippen molar-refractivity contribution in [1.82, 2.24) is 4.90 Å². The van der Waals surface area contributed by atoms with Gasteiger partial charge in [0.15, 0.2) is 0 Å². The molecular weight excluding hydrogens is 234 g/mol. The molecule has 5 heteroatoms. The summed E-state index contributed by atoms with van der Waals surface area (Å²) in [5.41, 5.74) is 0.309. The highest BCUT2D eigenvalue weighted by Crippen LogP contribution is 2.22. The molecule has 0 saturated carbocycles. The Morgan fingerprint density at radius 3 is 2.28 bits per heavy atom. The number of para-hydroxylation sites is 1. The highest BCUT2D eigenvalue weighted by Gasteiger charge is 2.36. The van der Waals surface area contributed by atoms with Gasteiger partial charge in [-0.05, 0) is 12.1 Å². The molecule has 2 unspecified atom stereocenters. The summed E-state index contributed by atoms with van der Waals surface area (Å²) in [6.07, 6.45) is -0.241. The van der Waals surface area contributed by atoms with E-state index in [0.29, 0.717) is 18.7 Å². The van der Waals surface area contributed by atoms with Crippen LogP contribution in [0.4, 0.5) is 0 Å². The van der Waals surface area contributed by atoms with Crippen molar-refractivity contribution >= 4 is 5.91 Å². The van der Waals surface area contributed by atoms with Gasteiger partial charge in [0.2, 0.25) is 0 Å². The maximum Gasteiger partial charge on any atom is 0.257 e. The Morgan fingerprint density at radius 1 is 1.22 bits per heavy atom. The van der Waals surface area contributed by atoms with Gasteiger partial charge in [0.25, 0.3) is 5.91 Å². The zero-order chi connectivity index (χ0) is 13.1. The minimum atomic E-state index is -0.199. The van der Waals surface area contributed by atoms with Crippen LogP contribution in [0, 0.1) is 0 Å². The fourth-order valence-electron chi connectivity index (χ4n) is 2.19. The van der Waals surface area contributed by atoms with Crippen molar-refractivity contribution in [3.8, 4) is 5.75 Å². The molecule has 0 radical (unpaired) electrons. The molecule has 2 rings (SSSR count). The molecule has 1 fully saturated rings. The summed E-state index contributed by atoms with van der Waals surface area (Å²) in [4.78, 5) is 13.9. The van der Waals surface area contributed by atoms with Gasteiger partial charge in [-0.2, -0.15) is 0 Å². The van der Waals surface area contributed by atoms with Gasteiger partial charge in [0, 0.05) is 27.3 Å². The molecule has 2 atom stereocenters. The smallest absolute Gasteiger partial charge is 0.257 e. The number of nitrogens with zero attached hydrogens (tertiary/aromatic N) is 1.